The van der Waals surface area contributed by atoms with Gasteiger partial charge in [0.15, 0.2) is 11.5 Å². The normalized spacial score (nSPS) is 27.4. The minimum atomic E-state index is -1.16. The predicted molar refractivity (Wildman–Crippen MR) is 131 cm³/mol. The van der Waals surface area contributed by atoms with Gasteiger partial charge in [0.2, 0.25) is 18.5 Å². The van der Waals surface area contributed by atoms with Crippen LogP contribution in [0.15, 0.2) is 83.5 Å². The molecule has 5 rings (SSSR count). The Labute approximate surface area is 213 Å². The first-order chi connectivity index (χ1) is 18.0. The number of furan rings is 1. The molecule has 6 atom stereocenters. The molecule has 37 heavy (non-hydrogen) atoms. The van der Waals surface area contributed by atoms with Crippen molar-refractivity contribution in [3.63, 3.8) is 0 Å². The predicted octanol–water partition coefficient (Wildman–Crippen LogP) is 3.26. The van der Waals surface area contributed by atoms with E-state index in [0.29, 0.717) is 22.6 Å². The minimum absolute atomic E-state index is 0.118. The topological polar surface area (TPSA) is 116 Å². The molecular weight excluding hydrogens is 478 g/mol. The Balaban J connectivity index is 1.35. The molecule has 1 amide bonds. The molecule has 9 heteroatoms. The first kappa shape index (κ1) is 24.9. The maximum Gasteiger partial charge on any atom is 0.223 e. The zero-order valence-corrected chi connectivity index (χ0v) is 20.1. The van der Waals surface area contributed by atoms with Crippen molar-refractivity contribution in [1.29, 1.82) is 0 Å². The quantitative estimate of drug-likeness (QED) is 0.371. The van der Waals surface area contributed by atoms with Gasteiger partial charge in [-0.15, -0.1) is 0 Å². The first-order valence-corrected chi connectivity index (χ1v) is 11.9. The van der Waals surface area contributed by atoms with Crippen molar-refractivity contribution in [2.75, 3.05) is 6.61 Å². The number of fused-ring (bicyclic) bond motifs is 1. The first-order valence-electron chi connectivity index (χ1n) is 11.9. The van der Waals surface area contributed by atoms with Crippen molar-refractivity contribution in [2.45, 2.75) is 43.9 Å². The van der Waals surface area contributed by atoms with Crippen molar-refractivity contribution in [3.05, 3.63) is 96.0 Å². The number of para-hydroxylation sites is 1. The van der Waals surface area contributed by atoms with E-state index >= 15 is 0 Å². The lowest BCUT2D eigenvalue weighted by Gasteiger charge is -2.47. The van der Waals surface area contributed by atoms with Gasteiger partial charge in [-0.2, -0.15) is 0 Å². The summed E-state index contributed by atoms with van der Waals surface area (Å²) >= 11 is 0. The van der Waals surface area contributed by atoms with Crippen molar-refractivity contribution in [1.82, 2.24) is 5.32 Å². The van der Waals surface area contributed by atoms with E-state index in [-0.39, 0.29) is 18.3 Å². The van der Waals surface area contributed by atoms with Crippen LogP contribution in [0.2, 0.25) is 0 Å². The highest BCUT2D eigenvalue weighted by molar-refractivity contribution is 6.06. The Bertz CT molecular complexity index is 1240. The van der Waals surface area contributed by atoms with Gasteiger partial charge in [0.25, 0.3) is 0 Å². The number of allylic oxidation sites excluding steroid dienone is 1. The van der Waals surface area contributed by atoms with E-state index in [4.69, 9.17) is 23.4 Å². The number of rotatable bonds is 7. The van der Waals surface area contributed by atoms with Gasteiger partial charge < -0.3 is 33.8 Å². The van der Waals surface area contributed by atoms with Crippen LogP contribution in [0.5, 0.6) is 5.75 Å². The van der Waals surface area contributed by atoms with E-state index in [0.717, 1.165) is 0 Å². The van der Waals surface area contributed by atoms with Crippen LogP contribution in [0.25, 0.3) is 6.08 Å². The second kappa shape index (κ2) is 11.1. The van der Waals surface area contributed by atoms with Crippen LogP contribution in [0.4, 0.5) is 0 Å². The van der Waals surface area contributed by atoms with Crippen molar-refractivity contribution < 1.29 is 38.1 Å². The molecule has 192 valence electrons. The molecule has 9 nitrogen and oxygen atoms in total. The number of aliphatic hydroxyl groups is 1. The molecule has 2 aliphatic rings. The smallest absolute Gasteiger partial charge is 0.223 e. The zero-order chi connectivity index (χ0) is 25.8. The third kappa shape index (κ3) is 5.65. The number of ether oxygens (including phenoxy) is 4. The van der Waals surface area contributed by atoms with Gasteiger partial charge in [-0.3, -0.25) is 9.59 Å². The molecule has 2 fully saturated rings. The number of carbonyl (C=O) groups is 2. The van der Waals surface area contributed by atoms with Gasteiger partial charge in [-0.05, 0) is 30.4 Å². The number of ketones is 1. The van der Waals surface area contributed by atoms with Gasteiger partial charge >= 0.3 is 0 Å². The summed E-state index contributed by atoms with van der Waals surface area (Å²) in [5.41, 5.74) is 1.19. The number of hydrogen-bond acceptors (Lipinski definition) is 8. The third-order valence-electron chi connectivity index (χ3n) is 6.15. The van der Waals surface area contributed by atoms with Crippen LogP contribution >= 0.6 is 0 Å². The Morgan fingerprint density at radius 3 is 2.57 bits per heavy atom. The summed E-state index contributed by atoms with van der Waals surface area (Å²) in [6, 6.07) is 18.5. The van der Waals surface area contributed by atoms with Crippen LogP contribution in [0.1, 0.15) is 34.9 Å². The Morgan fingerprint density at radius 2 is 1.81 bits per heavy atom. The fourth-order valence-corrected chi connectivity index (χ4v) is 4.36. The Kier molecular flexibility index (Phi) is 7.47. The monoisotopic (exact) mass is 505 g/mol. The molecule has 2 N–H and O–H groups in total. The molecule has 1 aromatic heterocycles. The summed E-state index contributed by atoms with van der Waals surface area (Å²) < 4.78 is 29.3. The molecule has 0 spiro atoms. The van der Waals surface area contributed by atoms with E-state index in [1.807, 2.05) is 12.1 Å². The van der Waals surface area contributed by atoms with Gasteiger partial charge in [-0.25, -0.2) is 0 Å². The largest absolute Gasteiger partial charge is 0.464 e. The average molecular weight is 506 g/mol. The van der Waals surface area contributed by atoms with Crippen LogP contribution in [0, 0.1) is 0 Å². The highest BCUT2D eigenvalue weighted by atomic mass is 16.8. The molecule has 2 saturated heterocycles. The van der Waals surface area contributed by atoms with Crippen LogP contribution < -0.4 is 10.1 Å². The molecule has 0 aliphatic carbocycles. The molecule has 0 unspecified atom stereocenters. The molecule has 3 heterocycles. The van der Waals surface area contributed by atoms with E-state index in [2.05, 4.69) is 5.32 Å². The summed E-state index contributed by atoms with van der Waals surface area (Å²) in [5.74, 6) is 0.361. The van der Waals surface area contributed by atoms with Gasteiger partial charge in [0.1, 0.15) is 30.1 Å². The third-order valence-corrected chi connectivity index (χ3v) is 6.15. The van der Waals surface area contributed by atoms with Crippen LogP contribution in [0.3, 0.4) is 0 Å². The van der Waals surface area contributed by atoms with Crippen molar-refractivity contribution >= 4 is 17.8 Å². The number of carbonyl (C=O) groups excluding carboxylic acids is 2. The maximum atomic E-state index is 12.5. The van der Waals surface area contributed by atoms with E-state index in [9.17, 15) is 14.7 Å². The van der Waals surface area contributed by atoms with Gasteiger partial charge in [-0.1, -0.05) is 48.5 Å². The maximum absolute atomic E-state index is 12.5. The number of nitrogens with one attached hydrogen (secondary N) is 1. The second-order valence-electron chi connectivity index (χ2n) is 8.76. The van der Waals surface area contributed by atoms with E-state index < -0.39 is 36.9 Å². The highest BCUT2D eigenvalue weighted by Crippen LogP contribution is 2.35. The van der Waals surface area contributed by atoms with Crippen LogP contribution in [-0.2, 0) is 19.0 Å². The molecule has 3 aromatic rings. The number of hydrogen-bond donors (Lipinski definition) is 2. The second-order valence-corrected chi connectivity index (χ2v) is 8.76. The van der Waals surface area contributed by atoms with Crippen LogP contribution in [-0.4, -0.2) is 54.0 Å². The molecule has 2 aromatic carbocycles. The molecule has 0 saturated carbocycles. The molecular formula is C28H27NO8. The highest BCUT2D eigenvalue weighted by Gasteiger charge is 2.51. The summed E-state index contributed by atoms with van der Waals surface area (Å²) in [4.78, 5) is 24.5. The zero-order valence-electron chi connectivity index (χ0n) is 20.1. The standard InChI is InChI=1S/C28H27NO8/c1-17(30)29-24-25(32)26-23(16-34-27(37-26)22-12-7-15-33-22)36-28(24)35-21-11-6-5-10-19(21)13-14-20(31)18-8-3-2-4-9-18/h2-15,23-28,32H,16H2,1H3,(H,29,30)/b14-13+/t23-,24-,25-,26-,27-,28-/m1/s1. The lowest BCUT2D eigenvalue weighted by Crippen LogP contribution is -2.67. The van der Waals surface area contributed by atoms with Gasteiger partial charge in [0, 0.05) is 18.1 Å². The summed E-state index contributed by atoms with van der Waals surface area (Å²) in [7, 11) is 0. The lowest BCUT2D eigenvalue weighted by atomic mass is 9.95. The Morgan fingerprint density at radius 1 is 1.03 bits per heavy atom. The molecule has 2 aliphatic heterocycles. The summed E-state index contributed by atoms with van der Waals surface area (Å²) in [5, 5.41) is 13.9. The molecule has 0 bridgehead atoms. The Hall–Kier alpha value is -3.76. The number of aliphatic hydroxyl groups excluding tert-OH is 1. The number of amides is 1. The average Bonchev–Trinajstić information content (AvgIpc) is 3.45. The number of benzene rings is 2. The fourth-order valence-electron chi connectivity index (χ4n) is 4.36. The summed E-state index contributed by atoms with van der Waals surface area (Å²) in [6.45, 7) is 1.46. The fraction of sp³-hybridized carbons (Fsp3) is 0.286. The van der Waals surface area contributed by atoms with E-state index in [1.54, 1.807) is 60.7 Å². The van der Waals surface area contributed by atoms with Gasteiger partial charge in [0.05, 0.1) is 12.9 Å². The minimum Gasteiger partial charge on any atom is -0.464 e. The summed E-state index contributed by atoms with van der Waals surface area (Å²) in [6.07, 6.45) is 0.165. The van der Waals surface area contributed by atoms with Crippen molar-refractivity contribution in [3.8, 4) is 5.75 Å². The van der Waals surface area contributed by atoms with E-state index in [1.165, 1.54) is 19.3 Å². The molecule has 0 radical (unpaired) electrons. The SMILES string of the molecule is CC(=O)N[C@H]1[C@H](Oc2ccccc2/C=C/C(=O)c2ccccc2)O[C@@H]2CO[C@@H](c3ccco3)O[C@H]2[C@@H]1O. The van der Waals surface area contributed by atoms with Crippen molar-refractivity contribution in [2.24, 2.45) is 0 Å². The lowest BCUT2D eigenvalue weighted by molar-refractivity contribution is -0.336.